The Morgan fingerprint density at radius 1 is 1.32 bits per heavy atom. The average molecular weight is 363 g/mol. The molecule has 1 fully saturated rings. The van der Waals surface area contributed by atoms with Gasteiger partial charge in [-0.1, -0.05) is 17.3 Å². The minimum absolute atomic E-state index is 0.0581. The van der Waals surface area contributed by atoms with Crippen LogP contribution in [0.3, 0.4) is 0 Å². The summed E-state index contributed by atoms with van der Waals surface area (Å²) in [5, 5.41) is 6.54. The van der Waals surface area contributed by atoms with Gasteiger partial charge in [0, 0.05) is 12.2 Å². The first kappa shape index (κ1) is 17.6. The fourth-order valence-corrected chi connectivity index (χ4v) is 5.15. The lowest BCUT2D eigenvalue weighted by molar-refractivity contribution is -0.119. The predicted molar refractivity (Wildman–Crippen MR) is 92.7 cm³/mol. The van der Waals surface area contributed by atoms with Gasteiger partial charge in [-0.25, -0.2) is 8.42 Å². The number of amides is 1. The summed E-state index contributed by atoms with van der Waals surface area (Å²) in [7, 11) is -3.84. The fraction of sp³-hybridized carbons (Fsp3) is 0.412. The molecule has 0 unspecified atom stereocenters. The maximum atomic E-state index is 13.0. The lowest BCUT2D eigenvalue weighted by atomic mass is 10.2. The Morgan fingerprint density at radius 3 is 2.72 bits per heavy atom. The van der Waals surface area contributed by atoms with E-state index in [0.29, 0.717) is 30.8 Å². The number of hydrogen-bond donors (Lipinski definition) is 1. The molecule has 1 saturated heterocycles. The Hall–Kier alpha value is -2.19. The van der Waals surface area contributed by atoms with E-state index in [1.165, 1.54) is 4.31 Å². The van der Waals surface area contributed by atoms with Crippen molar-refractivity contribution in [2.24, 2.45) is 0 Å². The quantitative estimate of drug-likeness (QED) is 0.900. The summed E-state index contributed by atoms with van der Waals surface area (Å²) in [5.74, 6) is -0.0827. The van der Waals surface area contributed by atoms with Crippen LogP contribution in [0.1, 0.15) is 29.9 Å². The largest absolute Gasteiger partial charge is 0.360 e. The van der Waals surface area contributed by atoms with Crippen LogP contribution in [-0.4, -0.2) is 36.4 Å². The Kier molecular flexibility index (Phi) is 4.66. The van der Waals surface area contributed by atoms with Gasteiger partial charge >= 0.3 is 0 Å². The molecular formula is C17H21N3O4S. The molecule has 1 amide bonds. The summed E-state index contributed by atoms with van der Waals surface area (Å²) < 4.78 is 32.3. The summed E-state index contributed by atoms with van der Waals surface area (Å²) in [6.07, 6.45) is 1.12. The monoisotopic (exact) mass is 363 g/mol. The standard InChI is InChI=1S/C17H21N3O4S/c1-11-6-4-7-14(10-11)18-17(21)15-8-5-9-20(15)25(22,23)16-12(2)19-24-13(16)3/h4,6-7,10,15H,5,8-9H2,1-3H3,(H,18,21)/t15-/m1/s1. The van der Waals surface area contributed by atoms with Gasteiger partial charge in [-0.15, -0.1) is 0 Å². The highest BCUT2D eigenvalue weighted by Crippen LogP contribution is 2.30. The lowest BCUT2D eigenvalue weighted by Gasteiger charge is -2.23. The number of hydrogen-bond acceptors (Lipinski definition) is 5. The van der Waals surface area contributed by atoms with Crippen molar-refractivity contribution in [1.82, 2.24) is 9.46 Å². The van der Waals surface area contributed by atoms with E-state index in [-0.39, 0.29) is 16.6 Å². The number of carbonyl (C=O) groups excluding carboxylic acids is 1. The molecule has 2 heterocycles. The van der Waals surface area contributed by atoms with Crippen molar-refractivity contribution in [1.29, 1.82) is 0 Å². The molecule has 134 valence electrons. The number of anilines is 1. The van der Waals surface area contributed by atoms with Crippen molar-refractivity contribution in [3.05, 3.63) is 41.3 Å². The van der Waals surface area contributed by atoms with Crippen LogP contribution in [0.4, 0.5) is 5.69 Å². The smallest absolute Gasteiger partial charge is 0.249 e. The molecule has 1 aliphatic heterocycles. The first-order chi connectivity index (χ1) is 11.8. The van der Waals surface area contributed by atoms with Crippen molar-refractivity contribution in [3.63, 3.8) is 0 Å². The second-order valence-electron chi connectivity index (χ2n) is 6.29. The molecule has 3 rings (SSSR count). The van der Waals surface area contributed by atoms with Crippen molar-refractivity contribution in [2.75, 3.05) is 11.9 Å². The third-order valence-electron chi connectivity index (χ3n) is 4.33. The first-order valence-corrected chi connectivity index (χ1v) is 9.57. The van der Waals surface area contributed by atoms with Crippen LogP contribution in [0, 0.1) is 20.8 Å². The van der Waals surface area contributed by atoms with Gasteiger partial charge in [0.2, 0.25) is 15.9 Å². The highest BCUT2D eigenvalue weighted by molar-refractivity contribution is 7.89. The SMILES string of the molecule is Cc1cccc(NC(=O)[C@H]2CCCN2S(=O)(=O)c2c(C)noc2C)c1. The molecular weight excluding hydrogens is 342 g/mol. The van der Waals surface area contributed by atoms with Crippen molar-refractivity contribution >= 4 is 21.6 Å². The Bertz CT molecular complexity index is 885. The van der Waals surface area contributed by atoms with Crippen LogP contribution in [0.15, 0.2) is 33.7 Å². The topological polar surface area (TPSA) is 92.5 Å². The molecule has 0 spiro atoms. The molecule has 0 saturated carbocycles. The molecule has 8 heteroatoms. The van der Waals surface area contributed by atoms with Crippen molar-refractivity contribution < 1.29 is 17.7 Å². The molecule has 25 heavy (non-hydrogen) atoms. The zero-order valence-corrected chi connectivity index (χ0v) is 15.3. The van der Waals surface area contributed by atoms with Crippen LogP contribution in [0.5, 0.6) is 0 Å². The van der Waals surface area contributed by atoms with Gasteiger partial charge < -0.3 is 9.84 Å². The van der Waals surface area contributed by atoms with Crippen LogP contribution in [-0.2, 0) is 14.8 Å². The summed E-state index contributed by atoms with van der Waals surface area (Å²) in [6.45, 7) is 5.38. The number of benzene rings is 1. The van der Waals surface area contributed by atoms with Crippen molar-refractivity contribution in [2.45, 2.75) is 44.6 Å². The molecule has 1 atom stereocenters. The highest BCUT2D eigenvalue weighted by atomic mass is 32.2. The van der Waals surface area contributed by atoms with Crippen LogP contribution >= 0.6 is 0 Å². The van der Waals surface area contributed by atoms with E-state index in [9.17, 15) is 13.2 Å². The molecule has 1 aromatic heterocycles. The summed E-state index contributed by atoms with van der Waals surface area (Å²) in [4.78, 5) is 12.7. The summed E-state index contributed by atoms with van der Waals surface area (Å²) in [6, 6.07) is 6.67. The number of rotatable bonds is 4. The van der Waals surface area contributed by atoms with Gasteiger partial charge in [-0.3, -0.25) is 4.79 Å². The second kappa shape index (κ2) is 6.61. The number of nitrogens with one attached hydrogen (secondary N) is 1. The Balaban J connectivity index is 1.86. The van der Waals surface area contributed by atoms with Crippen LogP contribution in [0.2, 0.25) is 0 Å². The Labute approximate surface area is 147 Å². The number of aryl methyl sites for hydroxylation is 3. The highest BCUT2D eigenvalue weighted by Gasteiger charge is 2.41. The molecule has 2 aromatic rings. The third-order valence-corrected chi connectivity index (χ3v) is 6.48. The summed E-state index contributed by atoms with van der Waals surface area (Å²) >= 11 is 0. The number of nitrogens with zero attached hydrogens (tertiary/aromatic N) is 2. The van der Waals surface area contributed by atoms with E-state index in [2.05, 4.69) is 10.5 Å². The van der Waals surface area contributed by atoms with Gasteiger partial charge in [-0.05, 0) is 51.3 Å². The van der Waals surface area contributed by atoms with E-state index >= 15 is 0 Å². The molecule has 0 bridgehead atoms. The van der Waals surface area contributed by atoms with E-state index in [1.54, 1.807) is 19.9 Å². The number of sulfonamides is 1. The number of carbonyl (C=O) groups is 1. The molecule has 0 radical (unpaired) electrons. The zero-order valence-electron chi connectivity index (χ0n) is 14.4. The van der Waals surface area contributed by atoms with Gasteiger partial charge in [-0.2, -0.15) is 4.31 Å². The van der Waals surface area contributed by atoms with E-state index in [1.807, 2.05) is 25.1 Å². The predicted octanol–water partition coefficient (Wildman–Crippen LogP) is 2.39. The molecule has 1 N–H and O–H groups in total. The summed E-state index contributed by atoms with van der Waals surface area (Å²) in [5.41, 5.74) is 1.98. The lowest BCUT2D eigenvalue weighted by Crippen LogP contribution is -2.43. The van der Waals surface area contributed by atoms with Gasteiger partial charge in [0.05, 0.1) is 0 Å². The van der Waals surface area contributed by atoms with E-state index < -0.39 is 16.1 Å². The van der Waals surface area contributed by atoms with E-state index in [4.69, 9.17) is 4.52 Å². The Morgan fingerprint density at radius 2 is 2.08 bits per heavy atom. The molecule has 7 nitrogen and oxygen atoms in total. The van der Waals surface area contributed by atoms with Crippen LogP contribution in [0.25, 0.3) is 0 Å². The molecule has 1 aliphatic rings. The fourth-order valence-electron chi connectivity index (χ4n) is 3.20. The van der Waals surface area contributed by atoms with Gasteiger partial charge in [0.15, 0.2) is 5.76 Å². The normalized spacial score (nSPS) is 18.4. The minimum atomic E-state index is -3.84. The average Bonchev–Trinajstić information content (AvgIpc) is 3.15. The minimum Gasteiger partial charge on any atom is -0.360 e. The van der Waals surface area contributed by atoms with Gasteiger partial charge in [0.25, 0.3) is 0 Å². The third kappa shape index (κ3) is 3.32. The maximum Gasteiger partial charge on any atom is 0.249 e. The second-order valence-corrected chi connectivity index (χ2v) is 8.11. The van der Waals surface area contributed by atoms with Crippen molar-refractivity contribution in [3.8, 4) is 0 Å². The first-order valence-electron chi connectivity index (χ1n) is 8.13. The zero-order chi connectivity index (χ0) is 18.2. The van der Waals surface area contributed by atoms with E-state index in [0.717, 1.165) is 5.56 Å². The number of aromatic nitrogens is 1. The molecule has 1 aromatic carbocycles. The maximum absolute atomic E-state index is 13.0. The molecule has 0 aliphatic carbocycles. The van der Waals surface area contributed by atoms with Crippen LogP contribution < -0.4 is 5.32 Å². The van der Waals surface area contributed by atoms with Gasteiger partial charge in [0.1, 0.15) is 16.6 Å².